The van der Waals surface area contributed by atoms with Gasteiger partial charge in [-0.15, -0.1) is 12.6 Å². The molecule has 2 nitrogen and oxygen atoms in total. The number of thiol groups is 1. The van der Waals surface area contributed by atoms with Gasteiger partial charge in [-0.3, -0.25) is 0 Å². The molecule has 0 saturated carbocycles. The maximum atomic E-state index is 5.24. The second kappa shape index (κ2) is 7.83. The molecule has 0 aliphatic rings. The van der Waals surface area contributed by atoms with Gasteiger partial charge in [-0.1, -0.05) is 19.1 Å². The molecule has 0 aliphatic carbocycles. The van der Waals surface area contributed by atoms with E-state index in [0.717, 1.165) is 26.1 Å². The Morgan fingerprint density at radius 1 is 1.58 bits per heavy atom. The van der Waals surface area contributed by atoms with E-state index in [-0.39, 0.29) is 0 Å². The zero-order chi connectivity index (χ0) is 9.40. The van der Waals surface area contributed by atoms with Crippen molar-refractivity contribution in [1.29, 1.82) is 0 Å². The molecule has 0 amide bonds. The van der Waals surface area contributed by atoms with E-state index in [4.69, 9.17) is 17.0 Å². The van der Waals surface area contributed by atoms with Crippen LogP contribution in [0.25, 0.3) is 0 Å². The van der Waals surface area contributed by atoms with Gasteiger partial charge in [0.2, 0.25) is 0 Å². The first-order valence-corrected chi connectivity index (χ1v) is 5.13. The molecule has 0 heterocycles. The number of rotatable bonds is 6. The Bertz CT molecular complexity index is 130. The fourth-order valence-corrected chi connectivity index (χ4v) is 1.27. The van der Waals surface area contributed by atoms with Crippen LogP contribution in [-0.2, 0) is 4.74 Å². The summed E-state index contributed by atoms with van der Waals surface area (Å²) in [5.41, 5.74) is 0. The molecular weight excluding hydrogens is 190 g/mol. The lowest BCUT2D eigenvalue weighted by molar-refractivity contribution is 0.138. The largest absolute Gasteiger partial charge is 0.382 e. The van der Waals surface area contributed by atoms with Crippen LogP contribution in [0.3, 0.4) is 0 Å². The molecule has 1 N–H and O–H groups in total. The van der Waals surface area contributed by atoms with E-state index in [2.05, 4.69) is 24.9 Å². The lowest BCUT2D eigenvalue weighted by Gasteiger charge is -2.16. The van der Waals surface area contributed by atoms with Gasteiger partial charge in [0.1, 0.15) is 4.32 Å². The van der Waals surface area contributed by atoms with Crippen LogP contribution >= 0.6 is 24.8 Å². The van der Waals surface area contributed by atoms with Crippen LogP contribution in [0.5, 0.6) is 0 Å². The van der Waals surface area contributed by atoms with Crippen molar-refractivity contribution >= 4 is 29.2 Å². The quantitative estimate of drug-likeness (QED) is 0.395. The van der Waals surface area contributed by atoms with Crippen LogP contribution in [0.2, 0.25) is 0 Å². The number of thiocarbonyl (C=S) groups is 1. The van der Waals surface area contributed by atoms with Crippen molar-refractivity contribution in [3.8, 4) is 0 Å². The standard InChI is InChI=1S/C8H17NOS2/c1-3-7(9-8(11)12)5-6-10-4-2/h7H,3-6H2,1-2H3,(H2,9,11,12). The minimum atomic E-state index is 0.404. The van der Waals surface area contributed by atoms with Gasteiger partial charge in [0, 0.05) is 19.3 Å². The molecule has 0 aromatic heterocycles. The third kappa shape index (κ3) is 6.88. The highest BCUT2D eigenvalue weighted by Gasteiger charge is 2.04. The van der Waals surface area contributed by atoms with Crippen LogP contribution in [0.1, 0.15) is 26.7 Å². The Morgan fingerprint density at radius 2 is 2.25 bits per heavy atom. The Hall–Kier alpha value is 0.200. The van der Waals surface area contributed by atoms with E-state index in [9.17, 15) is 0 Å². The van der Waals surface area contributed by atoms with Crippen LogP contribution in [-0.4, -0.2) is 23.6 Å². The molecule has 0 aromatic rings. The second-order valence-electron chi connectivity index (χ2n) is 2.54. The van der Waals surface area contributed by atoms with Crippen molar-refractivity contribution in [2.75, 3.05) is 13.2 Å². The molecule has 0 radical (unpaired) electrons. The predicted octanol–water partition coefficient (Wildman–Crippen LogP) is 2.00. The zero-order valence-electron chi connectivity index (χ0n) is 7.67. The Kier molecular flexibility index (Phi) is 7.96. The summed E-state index contributed by atoms with van der Waals surface area (Å²) >= 11 is 8.85. The fraction of sp³-hybridized carbons (Fsp3) is 0.875. The number of nitrogens with one attached hydrogen (secondary N) is 1. The van der Waals surface area contributed by atoms with Crippen LogP contribution in [0, 0.1) is 0 Å². The van der Waals surface area contributed by atoms with E-state index < -0.39 is 0 Å². The van der Waals surface area contributed by atoms with Gasteiger partial charge in [-0.05, 0) is 19.8 Å². The van der Waals surface area contributed by atoms with Gasteiger partial charge in [0.15, 0.2) is 0 Å². The molecule has 72 valence electrons. The summed E-state index contributed by atoms with van der Waals surface area (Å²) in [4.78, 5) is 0. The first kappa shape index (κ1) is 12.2. The van der Waals surface area contributed by atoms with Gasteiger partial charge in [0.25, 0.3) is 0 Å². The summed E-state index contributed by atoms with van der Waals surface area (Å²) < 4.78 is 5.81. The third-order valence-electron chi connectivity index (χ3n) is 1.64. The van der Waals surface area contributed by atoms with E-state index >= 15 is 0 Å². The highest BCUT2D eigenvalue weighted by molar-refractivity contribution is 8.11. The van der Waals surface area contributed by atoms with E-state index in [1.807, 2.05) is 6.92 Å². The normalized spacial score (nSPS) is 12.6. The summed E-state index contributed by atoms with van der Waals surface area (Å²) in [6.07, 6.45) is 2.04. The molecule has 0 aliphatic heterocycles. The molecule has 0 rings (SSSR count). The average Bonchev–Trinajstić information content (AvgIpc) is 2.02. The van der Waals surface area contributed by atoms with Crippen molar-refractivity contribution in [3.05, 3.63) is 0 Å². The SMILES string of the molecule is CCOCCC(CC)NC(=S)S. The maximum absolute atomic E-state index is 5.24. The van der Waals surface area contributed by atoms with Gasteiger partial charge in [0.05, 0.1) is 0 Å². The second-order valence-corrected chi connectivity index (χ2v) is 3.70. The van der Waals surface area contributed by atoms with Crippen molar-refractivity contribution in [1.82, 2.24) is 5.32 Å². The summed E-state index contributed by atoms with van der Waals surface area (Å²) in [5.74, 6) is 0. The molecule has 0 fully saturated rings. The van der Waals surface area contributed by atoms with Crippen LogP contribution in [0.4, 0.5) is 0 Å². The van der Waals surface area contributed by atoms with Crippen molar-refractivity contribution in [2.45, 2.75) is 32.7 Å². The van der Waals surface area contributed by atoms with Gasteiger partial charge in [-0.2, -0.15) is 0 Å². The first-order chi connectivity index (χ1) is 5.70. The molecule has 4 heteroatoms. The van der Waals surface area contributed by atoms with Crippen LogP contribution in [0.15, 0.2) is 0 Å². The lowest BCUT2D eigenvalue weighted by Crippen LogP contribution is -2.31. The molecular formula is C8H17NOS2. The molecule has 0 spiro atoms. The lowest BCUT2D eigenvalue weighted by atomic mass is 10.2. The monoisotopic (exact) mass is 207 g/mol. The van der Waals surface area contributed by atoms with Gasteiger partial charge < -0.3 is 10.1 Å². The fourth-order valence-electron chi connectivity index (χ4n) is 0.923. The zero-order valence-corrected chi connectivity index (χ0v) is 9.38. The number of hydrogen-bond acceptors (Lipinski definition) is 2. The van der Waals surface area contributed by atoms with Crippen molar-refractivity contribution < 1.29 is 4.74 Å². The molecule has 1 atom stereocenters. The summed E-state index contributed by atoms with van der Waals surface area (Å²) in [5, 5.41) is 3.10. The highest BCUT2D eigenvalue weighted by Crippen LogP contribution is 1.99. The minimum absolute atomic E-state index is 0.404. The highest BCUT2D eigenvalue weighted by atomic mass is 32.1. The maximum Gasteiger partial charge on any atom is 0.130 e. The summed E-state index contributed by atoms with van der Waals surface area (Å²) in [6, 6.07) is 0.404. The molecule has 0 bridgehead atoms. The molecule has 0 aromatic carbocycles. The topological polar surface area (TPSA) is 21.3 Å². The van der Waals surface area contributed by atoms with Crippen LogP contribution < -0.4 is 5.32 Å². The Labute approximate surface area is 85.5 Å². The third-order valence-corrected chi connectivity index (χ3v) is 1.88. The molecule has 12 heavy (non-hydrogen) atoms. The van der Waals surface area contributed by atoms with Crippen molar-refractivity contribution in [3.63, 3.8) is 0 Å². The Balaban J connectivity index is 3.46. The average molecular weight is 207 g/mol. The van der Waals surface area contributed by atoms with Gasteiger partial charge in [-0.25, -0.2) is 0 Å². The molecule has 0 saturated heterocycles. The van der Waals surface area contributed by atoms with Crippen molar-refractivity contribution in [2.24, 2.45) is 0 Å². The van der Waals surface area contributed by atoms with E-state index in [1.165, 1.54) is 0 Å². The number of hydrogen-bond donors (Lipinski definition) is 2. The first-order valence-electron chi connectivity index (χ1n) is 4.27. The van der Waals surface area contributed by atoms with E-state index in [1.54, 1.807) is 0 Å². The summed E-state index contributed by atoms with van der Waals surface area (Å²) in [6.45, 7) is 5.69. The Morgan fingerprint density at radius 3 is 2.67 bits per heavy atom. The molecule has 1 unspecified atom stereocenters. The number of ether oxygens (including phenoxy) is 1. The van der Waals surface area contributed by atoms with E-state index in [0.29, 0.717) is 10.4 Å². The predicted molar refractivity (Wildman–Crippen MR) is 59.9 cm³/mol. The smallest absolute Gasteiger partial charge is 0.130 e. The van der Waals surface area contributed by atoms with Gasteiger partial charge >= 0.3 is 0 Å². The minimum Gasteiger partial charge on any atom is -0.382 e. The summed E-state index contributed by atoms with van der Waals surface area (Å²) in [7, 11) is 0.